The van der Waals surface area contributed by atoms with E-state index in [1.54, 1.807) is 38.1 Å². The number of amides is 2. The summed E-state index contributed by atoms with van der Waals surface area (Å²) in [5, 5.41) is 17.2. The third kappa shape index (κ3) is 7.23. The van der Waals surface area contributed by atoms with Crippen LogP contribution in [0.15, 0.2) is 60.7 Å². The second-order valence-corrected chi connectivity index (χ2v) is 11.7. The number of anilines is 1. The minimum Gasteiger partial charge on any atom is -0.372 e. The number of nitrogens with one attached hydrogen (secondary N) is 2. The van der Waals surface area contributed by atoms with Crippen molar-refractivity contribution < 1.29 is 23.5 Å². The monoisotopic (exact) mass is 577 g/mol. The van der Waals surface area contributed by atoms with E-state index in [-0.39, 0.29) is 23.4 Å². The van der Waals surface area contributed by atoms with Crippen molar-refractivity contribution in [2.75, 3.05) is 31.5 Å². The zero-order chi connectivity index (χ0) is 30.4. The van der Waals surface area contributed by atoms with Crippen LogP contribution in [0.5, 0.6) is 0 Å². The lowest BCUT2D eigenvalue weighted by Crippen LogP contribution is -2.46. The van der Waals surface area contributed by atoms with Crippen molar-refractivity contribution in [3.8, 4) is 0 Å². The molecule has 1 heterocycles. The lowest BCUT2D eigenvalue weighted by Gasteiger charge is -2.33. The fourth-order valence-electron chi connectivity index (χ4n) is 5.37. The molecule has 42 heavy (non-hydrogen) atoms. The minimum atomic E-state index is -1.81. The number of nitrogens with zero attached hydrogens (tertiary/aromatic N) is 1. The molecule has 3 aromatic carbocycles. The number of aryl methyl sites for hydroxylation is 2. The lowest BCUT2D eigenvalue weighted by molar-refractivity contribution is -0.136. The predicted octanol–water partition coefficient (Wildman–Crippen LogP) is 5.80. The number of carbonyl (C=O) groups excluding carboxylic acids is 2. The number of likely N-dealkylation sites (tertiary alicyclic amines) is 1. The van der Waals surface area contributed by atoms with Gasteiger partial charge in [0, 0.05) is 18.5 Å². The number of aliphatic hydroxyl groups is 1. The van der Waals surface area contributed by atoms with Crippen molar-refractivity contribution in [2.45, 2.75) is 58.5 Å². The summed E-state index contributed by atoms with van der Waals surface area (Å²) in [5.41, 5.74) is 1.72. The van der Waals surface area contributed by atoms with Crippen molar-refractivity contribution >= 4 is 17.5 Å². The Morgan fingerprint density at radius 3 is 2.00 bits per heavy atom. The number of benzene rings is 3. The molecule has 3 aromatic rings. The molecule has 0 aliphatic carbocycles. The Morgan fingerprint density at radius 1 is 0.929 bits per heavy atom. The summed E-state index contributed by atoms with van der Waals surface area (Å²) in [6.07, 6.45) is 2.09. The summed E-state index contributed by atoms with van der Waals surface area (Å²) in [5.74, 6) is -2.54. The first kappa shape index (κ1) is 31.3. The van der Waals surface area contributed by atoms with Gasteiger partial charge in [0.1, 0.15) is 11.6 Å². The van der Waals surface area contributed by atoms with E-state index in [4.69, 9.17) is 0 Å². The summed E-state index contributed by atoms with van der Waals surface area (Å²) in [4.78, 5) is 27.7. The molecule has 0 radical (unpaired) electrons. The molecule has 0 bridgehead atoms. The molecule has 4 rings (SSSR count). The topological polar surface area (TPSA) is 81.7 Å². The van der Waals surface area contributed by atoms with Crippen LogP contribution >= 0.6 is 0 Å². The zero-order valence-electron chi connectivity index (χ0n) is 24.8. The average molecular weight is 578 g/mol. The number of halogens is 2. The van der Waals surface area contributed by atoms with Crippen LogP contribution in [-0.2, 0) is 15.2 Å². The lowest BCUT2D eigenvalue weighted by atomic mass is 9.84. The molecule has 0 atom stereocenters. The highest BCUT2D eigenvalue weighted by Crippen LogP contribution is 2.33. The molecule has 0 aromatic heterocycles. The van der Waals surface area contributed by atoms with Gasteiger partial charge in [0.05, 0.1) is 5.69 Å². The predicted molar refractivity (Wildman–Crippen MR) is 161 cm³/mol. The third-order valence-corrected chi connectivity index (χ3v) is 8.10. The SMILES string of the molecule is Cc1ccc(C(O)(C(=O)NCCCN2CCC(c3cc(NC(=O)C(C)C)c(F)cc3F)CC2)c2ccc(C)cc2)cc1. The van der Waals surface area contributed by atoms with E-state index in [2.05, 4.69) is 15.5 Å². The van der Waals surface area contributed by atoms with Crippen LogP contribution in [0.4, 0.5) is 14.5 Å². The Hall–Kier alpha value is -3.62. The minimum absolute atomic E-state index is 0.0134. The van der Waals surface area contributed by atoms with Gasteiger partial charge in [0.15, 0.2) is 5.60 Å². The Morgan fingerprint density at radius 2 is 1.48 bits per heavy atom. The van der Waals surface area contributed by atoms with Gasteiger partial charge in [-0.2, -0.15) is 0 Å². The number of hydrogen-bond acceptors (Lipinski definition) is 4. The molecule has 1 aliphatic heterocycles. The normalized spacial score (nSPS) is 14.7. The van der Waals surface area contributed by atoms with E-state index in [1.807, 2.05) is 38.1 Å². The maximum absolute atomic E-state index is 14.7. The van der Waals surface area contributed by atoms with Gasteiger partial charge in [-0.3, -0.25) is 9.59 Å². The number of carbonyl (C=O) groups is 2. The van der Waals surface area contributed by atoms with Crippen LogP contribution in [-0.4, -0.2) is 48.0 Å². The molecule has 224 valence electrons. The van der Waals surface area contributed by atoms with Gasteiger partial charge in [-0.05, 0) is 81.4 Å². The van der Waals surface area contributed by atoms with Gasteiger partial charge < -0.3 is 20.6 Å². The molecular formula is C34H41F2N3O3. The largest absolute Gasteiger partial charge is 0.372 e. The highest BCUT2D eigenvalue weighted by Gasteiger charge is 2.39. The van der Waals surface area contributed by atoms with Crippen molar-refractivity contribution in [3.05, 3.63) is 100 Å². The van der Waals surface area contributed by atoms with Crippen LogP contribution in [0.3, 0.4) is 0 Å². The summed E-state index contributed by atoms with van der Waals surface area (Å²) in [7, 11) is 0. The first-order chi connectivity index (χ1) is 20.0. The maximum Gasteiger partial charge on any atom is 0.261 e. The van der Waals surface area contributed by atoms with Crippen molar-refractivity contribution in [1.29, 1.82) is 0 Å². The fourth-order valence-corrected chi connectivity index (χ4v) is 5.37. The summed E-state index contributed by atoms with van der Waals surface area (Å²) in [6, 6.07) is 16.9. The van der Waals surface area contributed by atoms with Crippen LogP contribution in [0, 0.1) is 31.4 Å². The van der Waals surface area contributed by atoms with E-state index in [0.717, 1.165) is 36.8 Å². The van der Waals surface area contributed by atoms with Gasteiger partial charge >= 0.3 is 0 Å². The molecular weight excluding hydrogens is 536 g/mol. The highest BCUT2D eigenvalue weighted by atomic mass is 19.1. The summed E-state index contributed by atoms with van der Waals surface area (Å²) >= 11 is 0. The zero-order valence-corrected chi connectivity index (χ0v) is 24.8. The Bertz CT molecular complexity index is 1340. The number of piperidine rings is 1. The van der Waals surface area contributed by atoms with Crippen molar-refractivity contribution in [1.82, 2.24) is 10.2 Å². The van der Waals surface area contributed by atoms with Crippen LogP contribution < -0.4 is 10.6 Å². The molecule has 1 fully saturated rings. The first-order valence-corrected chi connectivity index (χ1v) is 14.7. The Balaban J connectivity index is 1.32. The van der Waals surface area contributed by atoms with Crippen molar-refractivity contribution in [3.63, 3.8) is 0 Å². The van der Waals surface area contributed by atoms with Crippen LogP contribution in [0.25, 0.3) is 0 Å². The van der Waals surface area contributed by atoms with E-state index in [9.17, 15) is 23.5 Å². The van der Waals surface area contributed by atoms with E-state index in [0.29, 0.717) is 42.5 Å². The molecule has 0 saturated carbocycles. The Kier molecular flexibility index (Phi) is 10.1. The van der Waals surface area contributed by atoms with Gasteiger partial charge in [-0.1, -0.05) is 73.5 Å². The second-order valence-electron chi connectivity index (χ2n) is 11.7. The summed E-state index contributed by atoms with van der Waals surface area (Å²) < 4.78 is 29.0. The third-order valence-electron chi connectivity index (χ3n) is 8.10. The molecule has 0 spiro atoms. The van der Waals surface area contributed by atoms with E-state index in [1.165, 1.54) is 6.07 Å². The standard InChI is InChI=1S/C34H41F2N3O3/c1-22(2)32(40)38-31-20-28(29(35)21-30(31)36)25-14-18-39(19-15-25)17-5-16-37-33(41)34(42,26-10-6-23(3)7-11-26)27-12-8-24(4)9-13-27/h6-13,20-22,25,42H,5,14-19H2,1-4H3,(H,37,41)(H,38,40). The molecule has 2 amide bonds. The molecule has 3 N–H and O–H groups in total. The first-order valence-electron chi connectivity index (χ1n) is 14.7. The number of hydrogen-bond donors (Lipinski definition) is 3. The van der Waals surface area contributed by atoms with E-state index >= 15 is 0 Å². The van der Waals surface area contributed by atoms with Crippen LogP contribution in [0.2, 0.25) is 0 Å². The number of rotatable bonds is 10. The Labute approximate surface area is 247 Å². The molecule has 6 nitrogen and oxygen atoms in total. The molecule has 1 aliphatic rings. The summed E-state index contributed by atoms with van der Waals surface area (Å²) in [6.45, 7) is 9.95. The van der Waals surface area contributed by atoms with E-state index < -0.39 is 23.1 Å². The highest BCUT2D eigenvalue weighted by molar-refractivity contribution is 5.92. The molecule has 1 saturated heterocycles. The fraction of sp³-hybridized carbons (Fsp3) is 0.412. The van der Waals surface area contributed by atoms with Gasteiger partial charge in [-0.25, -0.2) is 8.78 Å². The van der Waals surface area contributed by atoms with Crippen molar-refractivity contribution in [2.24, 2.45) is 5.92 Å². The maximum atomic E-state index is 14.7. The van der Waals surface area contributed by atoms with Gasteiger partial charge in [0.25, 0.3) is 5.91 Å². The smallest absolute Gasteiger partial charge is 0.261 e. The molecule has 8 heteroatoms. The van der Waals surface area contributed by atoms with Gasteiger partial charge in [0.2, 0.25) is 5.91 Å². The van der Waals surface area contributed by atoms with Crippen LogP contribution in [0.1, 0.15) is 66.8 Å². The quantitative estimate of drug-likeness (QED) is 0.266. The molecule has 0 unspecified atom stereocenters. The second kappa shape index (κ2) is 13.6. The average Bonchev–Trinajstić information content (AvgIpc) is 2.97. The van der Waals surface area contributed by atoms with Gasteiger partial charge in [-0.15, -0.1) is 0 Å².